The number of ether oxygens (including phenoxy) is 2. The molecule has 12 nitrogen and oxygen atoms in total. The number of primary amides is 1. The highest BCUT2D eigenvalue weighted by atomic mass is 31.2. The summed E-state index contributed by atoms with van der Waals surface area (Å²) in [5.74, 6) is -1.10. The quantitative estimate of drug-likeness (QED) is 0.260. The van der Waals surface area contributed by atoms with Crippen LogP contribution in [-0.2, 0) is 28.2 Å². The second-order valence-corrected chi connectivity index (χ2v) is 9.37. The number of hydrogen-bond acceptors (Lipinski definition) is 10. The second kappa shape index (κ2) is 11.1. The molecule has 3 rings (SSSR count). The predicted molar refractivity (Wildman–Crippen MR) is 119 cm³/mol. The van der Waals surface area contributed by atoms with Crippen LogP contribution in [0.15, 0.2) is 54.4 Å². The highest BCUT2D eigenvalue weighted by Gasteiger charge is 2.46. The number of nitrogens with zero attached hydrogens (tertiary/aromatic N) is 1. The Morgan fingerprint density at radius 1 is 1.29 bits per heavy atom. The average molecular weight is 497 g/mol. The van der Waals surface area contributed by atoms with Gasteiger partial charge in [-0.25, -0.2) is 4.57 Å². The zero-order valence-corrected chi connectivity index (χ0v) is 19.5. The predicted octanol–water partition coefficient (Wildman–Crippen LogP) is 0.377. The van der Waals surface area contributed by atoms with Crippen molar-refractivity contribution < 1.29 is 42.9 Å². The highest BCUT2D eigenvalue weighted by Crippen LogP contribution is 2.45. The van der Waals surface area contributed by atoms with Crippen LogP contribution in [0, 0.1) is 0 Å². The Morgan fingerprint density at radius 2 is 2.00 bits per heavy atom. The number of rotatable bonds is 10. The van der Waals surface area contributed by atoms with Crippen molar-refractivity contribution in [2.24, 2.45) is 5.73 Å². The largest absolute Gasteiger partial charge is 0.468 e. The standard InChI is InChI=1S/C21H28N3O9P/c1-13(21(28)30-2)23-34(29,33-15-8-4-3-5-9-15)31-12-16-17(25)18(26)20(32-16)24-10-6-7-14(11-24)19(22)27/h3-6,8-11,13,16-18,20,25-26H,7,12H2,1-2H3,(H2,22,27)(H,23,29)/t13-,16?,17+,18+,20+,34?/m0/s1. The summed E-state index contributed by atoms with van der Waals surface area (Å²) in [5.41, 5.74) is 5.62. The van der Waals surface area contributed by atoms with Gasteiger partial charge >= 0.3 is 13.7 Å². The van der Waals surface area contributed by atoms with Gasteiger partial charge in [0.2, 0.25) is 5.91 Å². The topological polar surface area (TPSA) is 170 Å². The first-order valence-electron chi connectivity index (χ1n) is 10.4. The van der Waals surface area contributed by atoms with Crippen molar-refractivity contribution in [1.82, 2.24) is 9.99 Å². The van der Waals surface area contributed by atoms with Crippen molar-refractivity contribution in [3.63, 3.8) is 0 Å². The Labute approximate surface area is 196 Å². The third-order valence-corrected chi connectivity index (χ3v) is 6.80. The molecular weight excluding hydrogens is 469 g/mol. The number of amides is 1. The summed E-state index contributed by atoms with van der Waals surface area (Å²) < 4.78 is 34.8. The number of nitrogens with two attached hydrogens (primary N) is 1. The smallest absolute Gasteiger partial charge is 0.459 e. The number of esters is 1. The molecule has 1 aromatic rings. The fourth-order valence-electron chi connectivity index (χ4n) is 3.36. The van der Waals surface area contributed by atoms with E-state index < -0.39 is 56.8 Å². The molecule has 0 saturated carbocycles. The van der Waals surface area contributed by atoms with Crippen molar-refractivity contribution in [3.05, 3.63) is 54.4 Å². The summed E-state index contributed by atoms with van der Waals surface area (Å²) in [7, 11) is -2.98. The maximum absolute atomic E-state index is 13.4. The first kappa shape index (κ1) is 25.9. The lowest BCUT2D eigenvalue weighted by Crippen LogP contribution is -2.40. The summed E-state index contributed by atoms with van der Waals surface area (Å²) in [6.45, 7) is 0.964. The molecule has 13 heteroatoms. The monoisotopic (exact) mass is 497 g/mol. The van der Waals surface area contributed by atoms with Crippen LogP contribution >= 0.6 is 7.75 Å². The Balaban J connectivity index is 1.72. The number of nitrogens with one attached hydrogen (secondary N) is 1. The van der Waals surface area contributed by atoms with E-state index in [0.29, 0.717) is 12.0 Å². The fraction of sp³-hybridized carbons (Fsp3) is 0.429. The minimum absolute atomic E-state index is 0.212. The van der Waals surface area contributed by atoms with Gasteiger partial charge in [0.05, 0.1) is 13.7 Å². The van der Waals surface area contributed by atoms with E-state index >= 15 is 0 Å². The lowest BCUT2D eigenvalue weighted by atomic mass is 10.1. The average Bonchev–Trinajstić information content (AvgIpc) is 3.11. The van der Waals surface area contributed by atoms with Gasteiger partial charge in [0.1, 0.15) is 30.1 Å². The van der Waals surface area contributed by atoms with Crippen molar-refractivity contribution in [3.8, 4) is 5.75 Å². The van der Waals surface area contributed by atoms with Crippen molar-refractivity contribution in [2.75, 3.05) is 13.7 Å². The summed E-state index contributed by atoms with van der Waals surface area (Å²) in [6.07, 6.45) is 0.0518. The normalized spacial score (nSPS) is 26.9. The van der Waals surface area contributed by atoms with Gasteiger partial charge in [-0.15, -0.1) is 0 Å². The van der Waals surface area contributed by atoms with Gasteiger partial charge in [0, 0.05) is 18.0 Å². The first-order chi connectivity index (χ1) is 16.1. The number of aliphatic hydroxyl groups excluding tert-OH is 2. The summed E-state index contributed by atoms with van der Waals surface area (Å²) in [6, 6.07) is 7.12. The van der Waals surface area contributed by atoms with Gasteiger partial charge in [-0.1, -0.05) is 24.3 Å². The Hall–Kier alpha value is -2.73. The molecule has 1 saturated heterocycles. The van der Waals surface area contributed by atoms with Gasteiger partial charge in [-0.3, -0.25) is 14.1 Å². The number of methoxy groups -OCH3 is 1. The van der Waals surface area contributed by atoms with E-state index in [2.05, 4.69) is 9.82 Å². The van der Waals surface area contributed by atoms with Crippen LogP contribution in [0.2, 0.25) is 0 Å². The summed E-state index contributed by atoms with van der Waals surface area (Å²) >= 11 is 0. The van der Waals surface area contributed by atoms with Crippen LogP contribution in [0.1, 0.15) is 13.3 Å². The number of carbonyl (C=O) groups is 2. The maximum atomic E-state index is 13.4. The Morgan fingerprint density at radius 3 is 2.65 bits per heavy atom. The van der Waals surface area contributed by atoms with E-state index in [4.69, 9.17) is 19.5 Å². The van der Waals surface area contributed by atoms with E-state index in [9.17, 15) is 24.4 Å². The van der Waals surface area contributed by atoms with Gasteiger partial charge < -0.3 is 34.8 Å². The molecule has 1 amide bonds. The van der Waals surface area contributed by atoms with Gasteiger partial charge in [0.25, 0.3) is 0 Å². The van der Waals surface area contributed by atoms with E-state index in [1.165, 1.54) is 25.1 Å². The van der Waals surface area contributed by atoms with E-state index in [0.717, 1.165) is 0 Å². The minimum Gasteiger partial charge on any atom is -0.468 e. The molecule has 34 heavy (non-hydrogen) atoms. The van der Waals surface area contributed by atoms with E-state index in [-0.39, 0.29) is 5.75 Å². The molecule has 2 aliphatic heterocycles. The molecule has 2 aliphatic rings. The van der Waals surface area contributed by atoms with Crippen LogP contribution in [0.25, 0.3) is 0 Å². The molecule has 5 N–H and O–H groups in total. The lowest BCUT2D eigenvalue weighted by Gasteiger charge is -2.28. The molecule has 2 heterocycles. The fourth-order valence-corrected chi connectivity index (χ4v) is 4.86. The highest BCUT2D eigenvalue weighted by molar-refractivity contribution is 7.52. The molecule has 0 aliphatic carbocycles. The number of carbonyl (C=O) groups excluding carboxylic acids is 2. The molecule has 1 aromatic carbocycles. The SMILES string of the molecule is COC(=O)[C@H](C)NP(=O)(OCC1O[C@@H](N2C=CCC(C(N)=O)=C2)[C@H](O)[C@@H]1O)Oc1ccccc1. The molecule has 1 fully saturated rings. The molecular formula is C21H28N3O9P. The van der Waals surface area contributed by atoms with Crippen molar-refractivity contribution in [2.45, 2.75) is 43.9 Å². The van der Waals surface area contributed by atoms with Crippen LogP contribution in [-0.4, -0.2) is 71.3 Å². The first-order valence-corrected chi connectivity index (χ1v) is 12.0. The molecule has 0 radical (unpaired) electrons. The third-order valence-electron chi connectivity index (χ3n) is 5.15. The third kappa shape index (κ3) is 6.23. The number of aliphatic hydroxyl groups is 2. The van der Waals surface area contributed by atoms with Gasteiger partial charge in [-0.2, -0.15) is 5.09 Å². The Kier molecular flexibility index (Phi) is 8.47. The van der Waals surface area contributed by atoms with Crippen LogP contribution < -0.4 is 15.3 Å². The van der Waals surface area contributed by atoms with Crippen molar-refractivity contribution >= 4 is 19.6 Å². The van der Waals surface area contributed by atoms with Crippen LogP contribution in [0.4, 0.5) is 0 Å². The number of allylic oxidation sites excluding steroid dienone is 1. The molecule has 0 aromatic heterocycles. The molecule has 0 spiro atoms. The maximum Gasteiger partial charge on any atom is 0.459 e. The second-order valence-electron chi connectivity index (χ2n) is 7.67. The summed E-state index contributed by atoms with van der Waals surface area (Å²) in [5, 5.41) is 23.5. The molecule has 2 unspecified atom stereocenters. The number of benzene rings is 1. The number of hydrogen-bond donors (Lipinski definition) is 4. The summed E-state index contributed by atoms with van der Waals surface area (Å²) in [4.78, 5) is 24.7. The van der Waals surface area contributed by atoms with Gasteiger partial charge in [0.15, 0.2) is 6.23 Å². The zero-order valence-electron chi connectivity index (χ0n) is 18.6. The van der Waals surface area contributed by atoms with E-state index in [1.807, 2.05) is 0 Å². The minimum atomic E-state index is -4.16. The van der Waals surface area contributed by atoms with Crippen molar-refractivity contribution in [1.29, 1.82) is 0 Å². The lowest BCUT2D eigenvalue weighted by molar-refractivity contribution is -0.142. The van der Waals surface area contributed by atoms with Crippen LogP contribution in [0.5, 0.6) is 5.75 Å². The number of para-hydroxylation sites is 1. The molecule has 0 bridgehead atoms. The Bertz CT molecular complexity index is 987. The molecule has 186 valence electrons. The van der Waals surface area contributed by atoms with Crippen LogP contribution in [0.3, 0.4) is 0 Å². The zero-order chi connectivity index (χ0) is 24.9. The van der Waals surface area contributed by atoms with E-state index in [1.54, 1.807) is 42.6 Å². The van der Waals surface area contributed by atoms with Gasteiger partial charge in [-0.05, 0) is 25.5 Å². The molecule has 6 atom stereocenters.